The van der Waals surface area contributed by atoms with Crippen molar-refractivity contribution in [3.8, 4) is 0 Å². The van der Waals surface area contributed by atoms with Crippen LogP contribution in [-0.4, -0.2) is 12.8 Å². The molecule has 0 aliphatic heterocycles. The molecule has 1 heteroatoms. The van der Waals surface area contributed by atoms with E-state index in [4.69, 9.17) is 0 Å². The standard InChI is InChI=1S/C17H27N/c1-6-11-18-13-14(2)12-15-7-9-16(10-8-15)17(3,4)5/h7-10,13-14H,6,11-12H2,1-5H3/b18-13+. The summed E-state index contributed by atoms with van der Waals surface area (Å²) in [5, 5.41) is 0. The third-order valence-electron chi connectivity index (χ3n) is 3.09. The smallest absolute Gasteiger partial charge is 0.0382 e. The van der Waals surface area contributed by atoms with Gasteiger partial charge in [0, 0.05) is 12.8 Å². The van der Waals surface area contributed by atoms with Crippen molar-refractivity contribution in [1.82, 2.24) is 0 Å². The SMILES string of the molecule is CCC/N=C/C(C)Cc1ccc(C(C)(C)C)cc1. The van der Waals surface area contributed by atoms with E-state index in [2.05, 4.69) is 70.1 Å². The fourth-order valence-corrected chi connectivity index (χ4v) is 1.95. The first-order valence-corrected chi connectivity index (χ1v) is 7.03. The molecule has 18 heavy (non-hydrogen) atoms. The molecule has 0 spiro atoms. The van der Waals surface area contributed by atoms with Crippen molar-refractivity contribution in [1.29, 1.82) is 0 Å². The normalized spacial score (nSPS) is 14.1. The van der Waals surface area contributed by atoms with Crippen LogP contribution in [0.1, 0.15) is 52.2 Å². The average Bonchev–Trinajstić information content (AvgIpc) is 2.29. The summed E-state index contributed by atoms with van der Waals surface area (Å²) in [6.45, 7) is 12.1. The fraction of sp³-hybridized carbons (Fsp3) is 0.588. The quantitative estimate of drug-likeness (QED) is 0.670. The van der Waals surface area contributed by atoms with Crippen LogP contribution in [0.3, 0.4) is 0 Å². The van der Waals surface area contributed by atoms with Gasteiger partial charge in [0.1, 0.15) is 0 Å². The molecule has 0 fully saturated rings. The summed E-state index contributed by atoms with van der Waals surface area (Å²) in [6.07, 6.45) is 4.31. The van der Waals surface area contributed by atoms with Crippen molar-refractivity contribution in [3.05, 3.63) is 35.4 Å². The molecule has 1 nitrogen and oxygen atoms in total. The van der Waals surface area contributed by atoms with Gasteiger partial charge < -0.3 is 0 Å². The van der Waals surface area contributed by atoms with Gasteiger partial charge in [0.15, 0.2) is 0 Å². The first-order chi connectivity index (χ1) is 8.43. The van der Waals surface area contributed by atoms with Gasteiger partial charge in [-0.3, -0.25) is 4.99 Å². The molecule has 1 rings (SSSR count). The molecule has 0 aliphatic rings. The van der Waals surface area contributed by atoms with Gasteiger partial charge >= 0.3 is 0 Å². The van der Waals surface area contributed by atoms with Crippen LogP contribution in [0.25, 0.3) is 0 Å². The van der Waals surface area contributed by atoms with Gasteiger partial charge in [-0.1, -0.05) is 58.9 Å². The van der Waals surface area contributed by atoms with Crippen LogP contribution in [-0.2, 0) is 11.8 Å². The van der Waals surface area contributed by atoms with Crippen molar-refractivity contribution in [3.63, 3.8) is 0 Å². The maximum absolute atomic E-state index is 4.42. The van der Waals surface area contributed by atoms with E-state index in [0.717, 1.165) is 19.4 Å². The summed E-state index contributed by atoms with van der Waals surface area (Å²) >= 11 is 0. The Hall–Kier alpha value is -1.11. The van der Waals surface area contributed by atoms with Crippen LogP contribution >= 0.6 is 0 Å². The monoisotopic (exact) mass is 245 g/mol. The Kier molecular flexibility index (Phi) is 5.58. The topological polar surface area (TPSA) is 12.4 Å². The lowest BCUT2D eigenvalue weighted by Gasteiger charge is -2.19. The van der Waals surface area contributed by atoms with Crippen LogP contribution in [0.15, 0.2) is 29.3 Å². The molecule has 0 amide bonds. The maximum atomic E-state index is 4.42. The number of nitrogens with zero attached hydrogens (tertiary/aromatic N) is 1. The summed E-state index contributed by atoms with van der Waals surface area (Å²) in [4.78, 5) is 4.42. The van der Waals surface area contributed by atoms with Crippen molar-refractivity contribution in [2.75, 3.05) is 6.54 Å². The molecule has 100 valence electrons. The van der Waals surface area contributed by atoms with Gasteiger partial charge in [-0.2, -0.15) is 0 Å². The van der Waals surface area contributed by atoms with Gasteiger partial charge in [0.05, 0.1) is 0 Å². The van der Waals surface area contributed by atoms with Crippen molar-refractivity contribution >= 4 is 6.21 Å². The fourth-order valence-electron chi connectivity index (χ4n) is 1.95. The highest BCUT2D eigenvalue weighted by atomic mass is 14.7. The van der Waals surface area contributed by atoms with E-state index in [0.29, 0.717) is 5.92 Å². The van der Waals surface area contributed by atoms with Gasteiger partial charge in [-0.15, -0.1) is 0 Å². The number of hydrogen-bond donors (Lipinski definition) is 0. The molecular weight excluding hydrogens is 218 g/mol. The number of aliphatic imine (C=N–C) groups is 1. The lowest BCUT2D eigenvalue weighted by Crippen LogP contribution is -2.11. The van der Waals surface area contributed by atoms with Crippen LogP contribution in [0, 0.1) is 5.92 Å². The Morgan fingerprint density at radius 1 is 1.17 bits per heavy atom. The van der Waals surface area contributed by atoms with E-state index in [9.17, 15) is 0 Å². The highest BCUT2D eigenvalue weighted by Gasteiger charge is 2.12. The predicted molar refractivity (Wildman–Crippen MR) is 81.7 cm³/mol. The second kappa shape index (κ2) is 6.72. The average molecular weight is 245 g/mol. The van der Waals surface area contributed by atoms with E-state index in [1.807, 2.05) is 0 Å². The Morgan fingerprint density at radius 2 is 1.78 bits per heavy atom. The zero-order chi connectivity index (χ0) is 13.6. The molecule has 1 aromatic rings. The number of benzene rings is 1. The van der Waals surface area contributed by atoms with Crippen LogP contribution < -0.4 is 0 Å². The molecule has 0 heterocycles. The van der Waals surface area contributed by atoms with Gasteiger partial charge in [-0.25, -0.2) is 0 Å². The molecule has 1 aromatic carbocycles. The minimum atomic E-state index is 0.243. The lowest BCUT2D eigenvalue weighted by atomic mass is 9.86. The molecule has 0 saturated heterocycles. The predicted octanol–water partition coefficient (Wildman–Crippen LogP) is 4.64. The molecular formula is C17H27N. The third kappa shape index (κ3) is 5.03. The van der Waals surface area contributed by atoms with Crippen LogP contribution in [0.5, 0.6) is 0 Å². The summed E-state index contributed by atoms with van der Waals surface area (Å²) < 4.78 is 0. The van der Waals surface area contributed by atoms with Crippen molar-refractivity contribution in [2.24, 2.45) is 10.9 Å². The molecule has 0 radical (unpaired) electrons. The highest BCUT2D eigenvalue weighted by Crippen LogP contribution is 2.22. The summed E-state index contributed by atoms with van der Waals surface area (Å²) in [6, 6.07) is 9.02. The van der Waals surface area contributed by atoms with Crippen LogP contribution in [0.2, 0.25) is 0 Å². The van der Waals surface area contributed by atoms with Gasteiger partial charge in [-0.05, 0) is 35.3 Å². The largest absolute Gasteiger partial charge is 0.297 e. The summed E-state index contributed by atoms with van der Waals surface area (Å²) in [7, 11) is 0. The highest BCUT2D eigenvalue weighted by molar-refractivity contribution is 5.60. The molecule has 0 aromatic heterocycles. The van der Waals surface area contributed by atoms with E-state index in [1.54, 1.807) is 0 Å². The van der Waals surface area contributed by atoms with E-state index in [-0.39, 0.29) is 5.41 Å². The Bertz CT molecular complexity index is 368. The van der Waals surface area contributed by atoms with E-state index >= 15 is 0 Å². The first kappa shape index (κ1) is 14.9. The Morgan fingerprint density at radius 3 is 2.28 bits per heavy atom. The molecule has 0 N–H and O–H groups in total. The van der Waals surface area contributed by atoms with Crippen LogP contribution in [0.4, 0.5) is 0 Å². The second-order valence-electron chi connectivity index (χ2n) is 6.18. The number of hydrogen-bond acceptors (Lipinski definition) is 1. The van der Waals surface area contributed by atoms with Crippen molar-refractivity contribution in [2.45, 2.75) is 52.9 Å². The Labute approximate surface area is 112 Å². The number of rotatable bonds is 5. The zero-order valence-electron chi connectivity index (χ0n) is 12.5. The van der Waals surface area contributed by atoms with Crippen molar-refractivity contribution < 1.29 is 0 Å². The second-order valence-corrected chi connectivity index (χ2v) is 6.18. The Balaban J connectivity index is 2.58. The molecule has 0 saturated carbocycles. The third-order valence-corrected chi connectivity index (χ3v) is 3.09. The zero-order valence-corrected chi connectivity index (χ0v) is 12.5. The minimum Gasteiger partial charge on any atom is -0.297 e. The molecule has 1 atom stereocenters. The molecule has 0 aliphatic carbocycles. The summed E-state index contributed by atoms with van der Waals surface area (Å²) in [5.74, 6) is 0.525. The van der Waals surface area contributed by atoms with E-state index < -0.39 is 0 Å². The molecule has 1 unspecified atom stereocenters. The lowest BCUT2D eigenvalue weighted by molar-refractivity contribution is 0.589. The molecule has 0 bridgehead atoms. The van der Waals surface area contributed by atoms with E-state index in [1.165, 1.54) is 11.1 Å². The first-order valence-electron chi connectivity index (χ1n) is 7.03. The van der Waals surface area contributed by atoms with Gasteiger partial charge in [0.25, 0.3) is 0 Å². The minimum absolute atomic E-state index is 0.243. The summed E-state index contributed by atoms with van der Waals surface area (Å²) in [5.41, 5.74) is 3.05. The van der Waals surface area contributed by atoms with Gasteiger partial charge in [0.2, 0.25) is 0 Å². The maximum Gasteiger partial charge on any atom is 0.0382 e.